The van der Waals surface area contributed by atoms with Crippen LogP contribution in [0.4, 0.5) is 35.1 Å². The standard InChI is InChI=1S/C12H14F8O2/c1-3-5-21-7-9(13,14)11(17,18)12(19,20)10(15,16)8-22-6-4-2/h3-6H,7-8H2,1-2H3/b5-3+,6-4+. The molecule has 0 fully saturated rings. The summed E-state index contributed by atoms with van der Waals surface area (Å²) in [7, 11) is 0. The minimum Gasteiger partial charge on any atom is -0.495 e. The first-order valence-corrected chi connectivity index (χ1v) is 5.84. The Hall–Kier alpha value is -1.48. The Morgan fingerprint density at radius 3 is 1.14 bits per heavy atom. The number of ether oxygens (including phenoxy) is 2. The summed E-state index contributed by atoms with van der Waals surface area (Å²) >= 11 is 0. The molecule has 0 aliphatic carbocycles. The van der Waals surface area contributed by atoms with Crippen molar-refractivity contribution < 1.29 is 44.6 Å². The quantitative estimate of drug-likeness (QED) is 0.449. The molecule has 0 heterocycles. The normalized spacial score (nSPS) is 14.8. The lowest BCUT2D eigenvalue weighted by Gasteiger charge is -2.36. The van der Waals surface area contributed by atoms with Crippen LogP contribution in [0, 0.1) is 0 Å². The van der Waals surface area contributed by atoms with Crippen LogP contribution < -0.4 is 0 Å². The number of rotatable bonds is 9. The van der Waals surface area contributed by atoms with Crippen LogP contribution in [0.3, 0.4) is 0 Å². The minimum absolute atomic E-state index is 0.537. The maximum Gasteiger partial charge on any atom is 0.381 e. The Labute approximate surface area is 121 Å². The van der Waals surface area contributed by atoms with Crippen molar-refractivity contribution in [1.82, 2.24) is 0 Å². The SMILES string of the molecule is C/C=C/OCC(F)(F)C(F)(F)C(F)(F)C(F)(F)CO/C=C/C. The van der Waals surface area contributed by atoms with Gasteiger partial charge in [0, 0.05) is 0 Å². The summed E-state index contributed by atoms with van der Waals surface area (Å²) in [5, 5.41) is 0. The molecule has 0 saturated carbocycles. The topological polar surface area (TPSA) is 18.5 Å². The van der Waals surface area contributed by atoms with Crippen molar-refractivity contribution in [2.24, 2.45) is 0 Å². The molecule has 0 N–H and O–H groups in total. The van der Waals surface area contributed by atoms with Crippen molar-refractivity contribution in [2.45, 2.75) is 37.5 Å². The number of halogens is 8. The van der Waals surface area contributed by atoms with Crippen molar-refractivity contribution in [3.05, 3.63) is 24.7 Å². The molecule has 2 nitrogen and oxygen atoms in total. The third-order valence-electron chi connectivity index (χ3n) is 2.31. The average Bonchev–Trinajstić information content (AvgIpc) is 2.38. The summed E-state index contributed by atoms with van der Waals surface area (Å²) < 4.78 is 113. The van der Waals surface area contributed by atoms with Gasteiger partial charge in [0.05, 0.1) is 12.5 Å². The molecule has 0 aromatic heterocycles. The Kier molecular flexibility index (Phi) is 6.70. The van der Waals surface area contributed by atoms with E-state index in [9.17, 15) is 35.1 Å². The van der Waals surface area contributed by atoms with Crippen molar-refractivity contribution in [2.75, 3.05) is 13.2 Å². The molecular formula is C12H14F8O2. The zero-order chi connectivity index (χ0) is 17.7. The fraction of sp³-hybridized carbons (Fsp3) is 0.667. The highest BCUT2D eigenvalue weighted by atomic mass is 19.4. The molecule has 0 unspecified atom stereocenters. The molecule has 0 atom stereocenters. The third-order valence-corrected chi connectivity index (χ3v) is 2.31. The van der Waals surface area contributed by atoms with E-state index >= 15 is 0 Å². The van der Waals surface area contributed by atoms with Gasteiger partial charge in [-0.3, -0.25) is 0 Å². The largest absolute Gasteiger partial charge is 0.495 e. The van der Waals surface area contributed by atoms with Crippen LogP contribution in [0.15, 0.2) is 24.7 Å². The highest BCUT2D eigenvalue weighted by Gasteiger charge is 2.80. The highest BCUT2D eigenvalue weighted by Crippen LogP contribution is 2.52. The van der Waals surface area contributed by atoms with Crippen LogP contribution in [0.5, 0.6) is 0 Å². The van der Waals surface area contributed by atoms with Gasteiger partial charge in [-0.05, 0) is 13.8 Å². The second-order valence-corrected chi connectivity index (χ2v) is 4.12. The van der Waals surface area contributed by atoms with E-state index in [1.54, 1.807) is 0 Å². The van der Waals surface area contributed by atoms with Crippen molar-refractivity contribution in [1.29, 1.82) is 0 Å². The number of hydrogen-bond acceptors (Lipinski definition) is 2. The van der Waals surface area contributed by atoms with E-state index in [0.29, 0.717) is 12.5 Å². The number of allylic oxidation sites excluding steroid dienone is 2. The summed E-state index contributed by atoms with van der Waals surface area (Å²) in [4.78, 5) is 0. The van der Waals surface area contributed by atoms with E-state index in [4.69, 9.17) is 0 Å². The fourth-order valence-electron chi connectivity index (χ4n) is 1.14. The van der Waals surface area contributed by atoms with Crippen LogP contribution in [0.1, 0.15) is 13.8 Å². The van der Waals surface area contributed by atoms with Crippen LogP contribution in [0.2, 0.25) is 0 Å². The zero-order valence-corrected chi connectivity index (χ0v) is 11.6. The summed E-state index contributed by atoms with van der Waals surface area (Å²) in [5.74, 6) is -23.8. The highest BCUT2D eigenvalue weighted by molar-refractivity contribution is 5.04. The monoisotopic (exact) mass is 342 g/mol. The Morgan fingerprint density at radius 2 is 0.909 bits per heavy atom. The van der Waals surface area contributed by atoms with Crippen molar-refractivity contribution in [3.63, 3.8) is 0 Å². The summed E-state index contributed by atoms with van der Waals surface area (Å²) in [6, 6.07) is 0. The molecule has 0 aliphatic heterocycles. The summed E-state index contributed by atoms with van der Waals surface area (Å²) in [6.45, 7) is -1.83. The van der Waals surface area contributed by atoms with Gasteiger partial charge in [-0.15, -0.1) is 0 Å². The van der Waals surface area contributed by atoms with Gasteiger partial charge < -0.3 is 9.47 Å². The van der Waals surface area contributed by atoms with Gasteiger partial charge in [0.2, 0.25) is 0 Å². The molecule has 0 aromatic rings. The van der Waals surface area contributed by atoms with E-state index in [0.717, 1.165) is 12.2 Å². The lowest BCUT2D eigenvalue weighted by molar-refractivity contribution is -0.374. The molecule has 0 aromatic carbocycles. The van der Waals surface area contributed by atoms with Gasteiger partial charge in [-0.1, -0.05) is 12.2 Å². The molecule has 0 radical (unpaired) electrons. The van der Waals surface area contributed by atoms with Crippen molar-refractivity contribution in [3.8, 4) is 0 Å². The lowest BCUT2D eigenvalue weighted by atomic mass is 9.99. The van der Waals surface area contributed by atoms with Crippen molar-refractivity contribution >= 4 is 0 Å². The van der Waals surface area contributed by atoms with Gasteiger partial charge in [0.25, 0.3) is 0 Å². The van der Waals surface area contributed by atoms with Crippen LogP contribution in [-0.2, 0) is 9.47 Å². The molecular weight excluding hydrogens is 328 g/mol. The van der Waals surface area contributed by atoms with E-state index in [-0.39, 0.29) is 0 Å². The Bertz CT molecular complexity index is 366. The smallest absolute Gasteiger partial charge is 0.381 e. The lowest BCUT2D eigenvalue weighted by Crippen LogP contribution is -2.64. The van der Waals surface area contributed by atoms with Gasteiger partial charge in [-0.25, -0.2) is 0 Å². The summed E-state index contributed by atoms with van der Waals surface area (Å²) in [6.07, 6.45) is 3.11. The first-order chi connectivity index (χ1) is 9.87. The molecule has 0 spiro atoms. The van der Waals surface area contributed by atoms with E-state index in [2.05, 4.69) is 9.47 Å². The van der Waals surface area contributed by atoms with E-state index < -0.39 is 36.9 Å². The fourth-order valence-corrected chi connectivity index (χ4v) is 1.14. The molecule has 0 rings (SSSR count). The van der Waals surface area contributed by atoms with Gasteiger partial charge in [-0.2, -0.15) is 35.1 Å². The van der Waals surface area contributed by atoms with E-state index in [1.165, 1.54) is 13.8 Å². The van der Waals surface area contributed by atoms with Crippen LogP contribution >= 0.6 is 0 Å². The maximum atomic E-state index is 13.3. The molecule has 0 saturated heterocycles. The number of alkyl halides is 8. The van der Waals surface area contributed by atoms with Crippen LogP contribution in [0.25, 0.3) is 0 Å². The van der Waals surface area contributed by atoms with Gasteiger partial charge >= 0.3 is 23.7 Å². The molecule has 22 heavy (non-hydrogen) atoms. The molecule has 0 bridgehead atoms. The second-order valence-electron chi connectivity index (χ2n) is 4.12. The third kappa shape index (κ3) is 4.04. The maximum absolute atomic E-state index is 13.3. The number of hydrogen-bond donors (Lipinski definition) is 0. The second kappa shape index (κ2) is 7.19. The predicted octanol–water partition coefficient (Wildman–Crippen LogP) is 4.63. The Balaban J connectivity index is 5.34. The molecule has 0 aliphatic rings. The molecule has 130 valence electrons. The first kappa shape index (κ1) is 20.5. The molecule has 10 heteroatoms. The van der Waals surface area contributed by atoms with Gasteiger partial charge in [0.15, 0.2) is 13.2 Å². The first-order valence-electron chi connectivity index (χ1n) is 5.84. The van der Waals surface area contributed by atoms with Crippen LogP contribution in [-0.4, -0.2) is 36.9 Å². The zero-order valence-electron chi connectivity index (χ0n) is 11.6. The average molecular weight is 342 g/mol. The Morgan fingerprint density at radius 1 is 0.636 bits per heavy atom. The van der Waals surface area contributed by atoms with Gasteiger partial charge in [0.1, 0.15) is 0 Å². The predicted molar refractivity (Wildman–Crippen MR) is 61.3 cm³/mol. The molecule has 0 amide bonds. The van der Waals surface area contributed by atoms with E-state index in [1.807, 2.05) is 0 Å². The summed E-state index contributed by atoms with van der Waals surface area (Å²) in [5.41, 5.74) is 0. The minimum atomic E-state index is -6.36.